The largest absolute Gasteiger partial charge is 0.408 e. The highest BCUT2D eigenvalue weighted by Crippen LogP contribution is 2.25. The van der Waals surface area contributed by atoms with E-state index in [2.05, 4.69) is 15.2 Å². The van der Waals surface area contributed by atoms with Crippen LogP contribution in [-0.4, -0.2) is 61.3 Å². The van der Waals surface area contributed by atoms with Crippen LogP contribution < -0.4 is 0 Å². The van der Waals surface area contributed by atoms with Gasteiger partial charge in [0.15, 0.2) is 5.82 Å². The fraction of sp³-hybridized carbons (Fsp3) is 0.600. The van der Waals surface area contributed by atoms with Crippen LogP contribution in [0.1, 0.15) is 42.2 Å². The normalized spacial score (nSPS) is 18.5. The number of ether oxygens (including phenoxy) is 1. The average Bonchev–Trinajstić information content (AvgIpc) is 3.22. The van der Waals surface area contributed by atoms with Crippen LogP contribution >= 0.6 is 0 Å². The quantitative estimate of drug-likeness (QED) is 0.818. The third-order valence-corrected chi connectivity index (χ3v) is 3.96. The molecule has 0 bridgehead atoms. The van der Waals surface area contributed by atoms with Crippen LogP contribution in [0.5, 0.6) is 0 Å². The van der Waals surface area contributed by atoms with Gasteiger partial charge < -0.3 is 9.64 Å². The Labute approximate surface area is 147 Å². The molecular weight excluding hydrogens is 353 g/mol. The first kappa shape index (κ1) is 18.4. The molecule has 142 valence electrons. The zero-order chi connectivity index (χ0) is 18.9. The molecule has 8 nitrogen and oxygen atoms in total. The molecule has 26 heavy (non-hydrogen) atoms. The zero-order valence-corrected chi connectivity index (χ0v) is 14.3. The molecule has 2 aromatic heterocycles. The van der Waals surface area contributed by atoms with Gasteiger partial charge >= 0.3 is 6.18 Å². The van der Waals surface area contributed by atoms with Gasteiger partial charge in [-0.05, 0) is 19.9 Å². The molecule has 3 rings (SSSR count). The lowest BCUT2D eigenvalue weighted by molar-refractivity contribution is -0.142. The Bertz CT molecular complexity index is 770. The van der Waals surface area contributed by atoms with Gasteiger partial charge in [0.1, 0.15) is 24.6 Å². The van der Waals surface area contributed by atoms with Gasteiger partial charge in [-0.2, -0.15) is 23.4 Å². The molecule has 1 unspecified atom stereocenters. The number of carbonyl (C=O) groups excluding carboxylic acids is 1. The summed E-state index contributed by atoms with van der Waals surface area (Å²) >= 11 is 0. The first-order chi connectivity index (χ1) is 12.3. The van der Waals surface area contributed by atoms with Crippen molar-refractivity contribution in [2.75, 3.05) is 19.8 Å². The Kier molecular flexibility index (Phi) is 4.99. The molecule has 1 amide bonds. The van der Waals surface area contributed by atoms with Crippen molar-refractivity contribution in [2.45, 2.75) is 38.7 Å². The lowest BCUT2D eigenvalue weighted by Gasteiger charge is -2.34. The Balaban J connectivity index is 1.84. The second kappa shape index (κ2) is 7.06. The minimum atomic E-state index is -4.40. The number of rotatable bonds is 4. The van der Waals surface area contributed by atoms with Crippen molar-refractivity contribution in [3.8, 4) is 0 Å². The number of aromatic nitrogens is 5. The highest BCUT2D eigenvalue weighted by atomic mass is 19.4. The van der Waals surface area contributed by atoms with Crippen molar-refractivity contribution < 1.29 is 22.7 Å². The first-order valence-corrected chi connectivity index (χ1v) is 8.14. The second-order valence-corrected chi connectivity index (χ2v) is 6.26. The number of carbonyl (C=O) groups is 1. The van der Waals surface area contributed by atoms with Gasteiger partial charge in [0, 0.05) is 18.8 Å². The second-order valence-electron chi connectivity index (χ2n) is 6.26. The van der Waals surface area contributed by atoms with Crippen molar-refractivity contribution in [2.24, 2.45) is 0 Å². The SMILES string of the molecule is CC(C)n1nccc1C(=O)N1CCOCC1c1ncn(CC(F)(F)F)n1. The third-order valence-electron chi connectivity index (χ3n) is 3.96. The zero-order valence-electron chi connectivity index (χ0n) is 14.3. The van der Waals surface area contributed by atoms with E-state index in [0.717, 1.165) is 6.33 Å². The fourth-order valence-electron chi connectivity index (χ4n) is 2.82. The standard InChI is InChI=1S/C15H19F3N6O2/c1-10(2)24-11(3-4-20-24)14(25)23-5-6-26-7-12(23)13-19-9-22(21-13)8-15(16,17)18/h3-4,9-10,12H,5-8H2,1-2H3. The van der Waals surface area contributed by atoms with E-state index in [4.69, 9.17) is 4.74 Å². The molecule has 1 aliphatic rings. The van der Waals surface area contributed by atoms with Crippen LogP contribution in [0, 0.1) is 0 Å². The Morgan fingerprint density at radius 3 is 2.88 bits per heavy atom. The predicted octanol–water partition coefficient (Wildman–Crippen LogP) is 1.83. The summed E-state index contributed by atoms with van der Waals surface area (Å²) in [6.45, 7) is 3.32. The lowest BCUT2D eigenvalue weighted by atomic mass is 10.2. The molecule has 2 aromatic rings. The van der Waals surface area contributed by atoms with Crippen LogP contribution in [0.4, 0.5) is 13.2 Å². The molecule has 0 aromatic carbocycles. The maximum Gasteiger partial charge on any atom is 0.408 e. The minimum Gasteiger partial charge on any atom is -0.377 e. The molecule has 0 saturated carbocycles. The topological polar surface area (TPSA) is 78.1 Å². The van der Waals surface area contributed by atoms with Gasteiger partial charge in [0.2, 0.25) is 0 Å². The number of hydrogen-bond donors (Lipinski definition) is 0. The maximum absolute atomic E-state index is 13.0. The van der Waals surface area contributed by atoms with Crippen molar-refractivity contribution in [1.29, 1.82) is 0 Å². The van der Waals surface area contributed by atoms with Crippen molar-refractivity contribution >= 4 is 5.91 Å². The number of hydrogen-bond acceptors (Lipinski definition) is 5. The molecule has 1 fully saturated rings. The van der Waals surface area contributed by atoms with Gasteiger partial charge in [-0.25, -0.2) is 9.67 Å². The molecule has 0 N–H and O–H groups in total. The minimum absolute atomic E-state index is 0.00689. The Morgan fingerprint density at radius 1 is 1.42 bits per heavy atom. The molecule has 0 spiro atoms. The predicted molar refractivity (Wildman–Crippen MR) is 83.3 cm³/mol. The van der Waals surface area contributed by atoms with Crippen LogP contribution in [0.2, 0.25) is 0 Å². The molecule has 11 heteroatoms. The van der Waals surface area contributed by atoms with Gasteiger partial charge in [-0.1, -0.05) is 0 Å². The van der Waals surface area contributed by atoms with E-state index in [0.29, 0.717) is 23.5 Å². The number of alkyl halides is 3. The van der Waals surface area contributed by atoms with E-state index in [-0.39, 0.29) is 24.4 Å². The summed E-state index contributed by atoms with van der Waals surface area (Å²) < 4.78 is 45.3. The summed E-state index contributed by atoms with van der Waals surface area (Å²) in [7, 11) is 0. The summed E-state index contributed by atoms with van der Waals surface area (Å²) in [5.41, 5.74) is 0.404. The number of amides is 1. The summed E-state index contributed by atoms with van der Waals surface area (Å²) in [6.07, 6.45) is -1.84. The first-order valence-electron chi connectivity index (χ1n) is 8.14. The van der Waals surface area contributed by atoms with E-state index >= 15 is 0 Å². The van der Waals surface area contributed by atoms with Crippen LogP contribution in [0.15, 0.2) is 18.6 Å². The molecule has 3 heterocycles. The van der Waals surface area contributed by atoms with Crippen molar-refractivity contribution in [1.82, 2.24) is 29.4 Å². The average molecular weight is 372 g/mol. The number of nitrogens with zero attached hydrogens (tertiary/aromatic N) is 6. The molecule has 0 aliphatic carbocycles. The van der Waals surface area contributed by atoms with Crippen LogP contribution in [-0.2, 0) is 11.3 Å². The van der Waals surface area contributed by atoms with E-state index in [1.165, 1.54) is 4.90 Å². The maximum atomic E-state index is 13.0. The van der Waals surface area contributed by atoms with E-state index in [9.17, 15) is 18.0 Å². The molecular formula is C15H19F3N6O2. The summed E-state index contributed by atoms with van der Waals surface area (Å²) in [4.78, 5) is 18.4. The molecule has 1 aliphatic heterocycles. The van der Waals surface area contributed by atoms with E-state index in [1.807, 2.05) is 13.8 Å². The van der Waals surface area contributed by atoms with E-state index < -0.39 is 18.8 Å². The smallest absolute Gasteiger partial charge is 0.377 e. The highest BCUT2D eigenvalue weighted by molar-refractivity contribution is 5.93. The van der Waals surface area contributed by atoms with Crippen LogP contribution in [0.25, 0.3) is 0 Å². The third kappa shape index (κ3) is 3.87. The van der Waals surface area contributed by atoms with Gasteiger partial charge in [0.25, 0.3) is 5.91 Å². The Hall–Kier alpha value is -2.43. The van der Waals surface area contributed by atoms with Gasteiger partial charge in [-0.3, -0.25) is 9.48 Å². The van der Waals surface area contributed by atoms with Crippen molar-refractivity contribution in [3.05, 3.63) is 30.1 Å². The van der Waals surface area contributed by atoms with Crippen LogP contribution in [0.3, 0.4) is 0 Å². The number of halogens is 3. The number of morpholine rings is 1. The summed E-state index contributed by atoms with van der Waals surface area (Å²) in [5, 5.41) is 8.03. The van der Waals surface area contributed by atoms with E-state index in [1.54, 1.807) is 16.9 Å². The molecule has 1 atom stereocenters. The lowest BCUT2D eigenvalue weighted by Crippen LogP contribution is -2.44. The fourth-order valence-corrected chi connectivity index (χ4v) is 2.82. The summed E-state index contributed by atoms with van der Waals surface area (Å²) in [5.74, 6) is -0.158. The summed E-state index contributed by atoms with van der Waals surface area (Å²) in [6, 6.07) is 0.957. The highest BCUT2D eigenvalue weighted by Gasteiger charge is 2.35. The molecule has 0 radical (unpaired) electrons. The van der Waals surface area contributed by atoms with Gasteiger partial charge in [-0.15, -0.1) is 0 Å². The molecule has 1 saturated heterocycles. The monoisotopic (exact) mass is 372 g/mol. The van der Waals surface area contributed by atoms with Gasteiger partial charge in [0.05, 0.1) is 13.2 Å². The van der Waals surface area contributed by atoms with Crippen molar-refractivity contribution in [3.63, 3.8) is 0 Å². The Morgan fingerprint density at radius 2 is 2.19 bits per heavy atom.